The molecule has 0 saturated carbocycles. The Morgan fingerprint density at radius 3 is 2.61 bits per heavy atom. The summed E-state index contributed by atoms with van der Waals surface area (Å²) in [6.45, 7) is 3.47. The van der Waals surface area contributed by atoms with E-state index in [1.165, 1.54) is 6.07 Å². The fraction of sp³-hybridized carbons (Fsp3) is 0.294. The number of likely N-dealkylation sites (N-methyl/N-ethyl adjacent to an activating group) is 1. The lowest BCUT2D eigenvalue weighted by Crippen LogP contribution is -2.45. The number of hydrogen-bond donors (Lipinski definition) is 1. The minimum Gasteiger partial charge on any atom is -0.353 e. The zero-order valence-corrected chi connectivity index (χ0v) is 13.0. The van der Waals surface area contributed by atoms with E-state index in [0.29, 0.717) is 11.4 Å². The van der Waals surface area contributed by atoms with Crippen molar-refractivity contribution in [2.45, 2.75) is 0 Å². The van der Waals surface area contributed by atoms with Gasteiger partial charge in [0.05, 0.1) is 11.3 Å². The van der Waals surface area contributed by atoms with E-state index in [9.17, 15) is 9.18 Å². The van der Waals surface area contributed by atoms with E-state index in [0.717, 1.165) is 26.2 Å². The molecular weight excluding hydrogens is 295 g/mol. The predicted octanol–water partition coefficient (Wildman–Crippen LogP) is 2.22. The lowest BCUT2D eigenvalue weighted by atomic mass is 10.2. The van der Waals surface area contributed by atoms with Crippen molar-refractivity contribution in [1.82, 2.24) is 9.88 Å². The average Bonchev–Trinajstić information content (AvgIpc) is 2.58. The van der Waals surface area contributed by atoms with Crippen LogP contribution in [-0.4, -0.2) is 49.0 Å². The number of nitrogens with zero attached hydrogens (tertiary/aromatic N) is 3. The van der Waals surface area contributed by atoms with Crippen molar-refractivity contribution in [3.63, 3.8) is 0 Å². The normalized spacial score (nSPS) is 15.5. The summed E-state index contributed by atoms with van der Waals surface area (Å²) >= 11 is 0. The minimum atomic E-state index is -0.453. The average molecular weight is 314 g/mol. The van der Waals surface area contributed by atoms with E-state index in [1.807, 2.05) is 0 Å². The number of halogens is 1. The molecule has 1 N–H and O–H groups in total. The SMILES string of the molecule is CN1CCN(c2ncccc2C(=O)Nc2ccccc2F)CC1. The number of piperazine rings is 1. The molecule has 1 aromatic carbocycles. The number of hydrogen-bond acceptors (Lipinski definition) is 4. The molecule has 0 radical (unpaired) electrons. The molecule has 1 saturated heterocycles. The topological polar surface area (TPSA) is 48.5 Å². The molecular formula is C17H19FN4O. The molecule has 23 heavy (non-hydrogen) atoms. The Bertz CT molecular complexity index is 698. The summed E-state index contributed by atoms with van der Waals surface area (Å²) in [5.41, 5.74) is 0.631. The van der Waals surface area contributed by atoms with Gasteiger partial charge in [-0.3, -0.25) is 4.79 Å². The third-order valence-corrected chi connectivity index (χ3v) is 3.96. The van der Waals surface area contributed by atoms with E-state index in [-0.39, 0.29) is 11.6 Å². The molecule has 2 aromatic rings. The maximum absolute atomic E-state index is 13.7. The molecule has 1 amide bonds. The Labute approximate surface area is 134 Å². The van der Waals surface area contributed by atoms with Gasteiger partial charge in [0, 0.05) is 32.4 Å². The maximum Gasteiger partial charge on any atom is 0.259 e. The molecule has 6 heteroatoms. The molecule has 1 aromatic heterocycles. The van der Waals surface area contributed by atoms with Crippen LogP contribution in [0.15, 0.2) is 42.6 Å². The van der Waals surface area contributed by atoms with E-state index in [4.69, 9.17) is 0 Å². The number of pyridine rings is 1. The second-order valence-corrected chi connectivity index (χ2v) is 5.60. The minimum absolute atomic E-state index is 0.172. The summed E-state index contributed by atoms with van der Waals surface area (Å²) in [6, 6.07) is 9.57. The molecule has 0 spiro atoms. The third kappa shape index (κ3) is 3.48. The Kier molecular flexibility index (Phi) is 4.52. The van der Waals surface area contributed by atoms with Gasteiger partial charge in [-0.05, 0) is 31.3 Å². The molecule has 5 nitrogen and oxygen atoms in total. The van der Waals surface area contributed by atoms with Crippen molar-refractivity contribution in [2.24, 2.45) is 0 Å². The fourth-order valence-electron chi connectivity index (χ4n) is 2.60. The Morgan fingerprint density at radius 1 is 1.13 bits per heavy atom. The van der Waals surface area contributed by atoms with Gasteiger partial charge >= 0.3 is 0 Å². The van der Waals surface area contributed by atoms with Crippen molar-refractivity contribution in [2.75, 3.05) is 43.4 Å². The summed E-state index contributed by atoms with van der Waals surface area (Å²) in [6.07, 6.45) is 1.67. The number of carbonyl (C=O) groups excluding carboxylic acids is 1. The van der Waals surface area contributed by atoms with Crippen LogP contribution < -0.4 is 10.2 Å². The largest absolute Gasteiger partial charge is 0.353 e. The number of benzene rings is 1. The van der Waals surface area contributed by atoms with Crippen LogP contribution in [-0.2, 0) is 0 Å². The van der Waals surface area contributed by atoms with E-state index in [2.05, 4.69) is 27.1 Å². The van der Waals surface area contributed by atoms with Crippen molar-refractivity contribution in [3.05, 3.63) is 54.0 Å². The smallest absolute Gasteiger partial charge is 0.259 e. The Hall–Kier alpha value is -2.47. The molecule has 0 unspecified atom stereocenters. The third-order valence-electron chi connectivity index (χ3n) is 3.96. The van der Waals surface area contributed by atoms with Crippen LogP contribution in [0.2, 0.25) is 0 Å². The first kappa shape index (κ1) is 15.4. The molecule has 2 heterocycles. The second-order valence-electron chi connectivity index (χ2n) is 5.60. The Balaban J connectivity index is 1.82. The number of para-hydroxylation sites is 1. The number of aromatic nitrogens is 1. The molecule has 0 atom stereocenters. The van der Waals surface area contributed by atoms with Crippen molar-refractivity contribution in [1.29, 1.82) is 0 Å². The first-order valence-corrected chi connectivity index (χ1v) is 7.59. The van der Waals surface area contributed by atoms with Crippen LogP contribution in [0.1, 0.15) is 10.4 Å². The number of rotatable bonds is 3. The first-order chi connectivity index (χ1) is 11.1. The van der Waals surface area contributed by atoms with Gasteiger partial charge in [0.25, 0.3) is 5.91 Å². The van der Waals surface area contributed by atoms with Crippen LogP contribution in [0.25, 0.3) is 0 Å². The molecule has 1 aliphatic rings. The van der Waals surface area contributed by atoms with Crippen LogP contribution in [0, 0.1) is 5.82 Å². The van der Waals surface area contributed by atoms with Gasteiger partial charge in [-0.15, -0.1) is 0 Å². The van der Waals surface area contributed by atoms with Gasteiger partial charge in [-0.2, -0.15) is 0 Å². The van der Waals surface area contributed by atoms with Gasteiger partial charge in [-0.25, -0.2) is 9.37 Å². The summed E-state index contributed by atoms with van der Waals surface area (Å²) in [4.78, 5) is 21.2. The lowest BCUT2D eigenvalue weighted by Gasteiger charge is -2.34. The number of carbonyl (C=O) groups is 1. The quantitative estimate of drug-likeness (QED) is 0.944. The van der Waals surface area contributed by atoms with Crippen molar-refractivity contribution < 1.29 is 9.18 Å². The lowest BCUT2D eigenvalue weighted by molar-refractivity contribution is 0.102. The van der Waals surface area contributed by atoms with Crippen LogP contribution >= 0.6 is 0 Å². The highest BCUT2D eigenvalue weighted by atomic mass is 19.1. The zero-order chi connectivity index (χ0) is 16.2. The molecule has 1 fully saturated rings. The molecule has 120 valence electrons. The highest BCUT2D eigenvalue weighted by Crippen LogP contribution is 2.21. The molecule has 3 rings (SSSR count). The van der Waals surface area contributed by atoms with E-state index in [1.54, 1.807) is 36.5 Å². The fourth-order valence-corrected chi connectivity index (χ4v) is 2.60. The van der Waals surface area contributed by atoms with Gasteiger partial charge in [-0.1, -0.05) is 12.1 Å². The molecule has 0 bridgehead atoms. The number of amides is 1. The van der Waals surface area contributed by atoms with Gasteiger partial charge < -0.3 is 15.1 Å². The van der Waals surface area contributed by atoms with Gasteiger partial charge in [0.15, 0.2) is 0 Å². The van der Waals surface area contributed by atoms with Crippen molar-refractivity contribution in [3.8, 4) is 0 Å². The summed E-state index contributed by atoms with van der Waals surface area (Å²) < 4.78 is 13.7. The summed E-state index contributed by atoms with van der Waals surface area (Å²) in [7, 11) is 2.07. The second kappa shape index (κ2) is 6.75. The van der Waals surface area contributed by atoms with Gasteiger partial charge in [0.2, 0.25) is 0 Å². The molecule has 1 aliphatic heterocycles. The summed E-state index contributed by atoms with van der Waals surface area (Å²) in [5, 5.41) is 2.62. The van der Waals surface area contributed by atoms with E-state index < -0.39 is 5.82 Å². The van der Waals surface area contributed by atoms with Crippen LogP contribution in [0.4, 0.5) is 15.9 Å². The van der Waals surface area contributed by atoms with E-state index >= 15 is 0 Å². The molecule has 0 aliphatic carbocycles. The zero-order valence-electron chi connectivity index (χ0n) is 13.0. The number of nitrogens with one attached hydrogen (secondary N) is 1. The number of anilines is 2. The monoisotopic (exact) mass is 314 g/mol. The Morgan fingerprint density at radius 2 is 1.87 bits per heavy atom. The van der Waals surface area contributed by atoms with Crippen LogP contribution in [0.5, 0.6) is 0 Å². The first-order valence-electron chi connectivity index (χ1n) is 7.59. The van der Waals surface area contributed by atoms with Gasteiger partial charge in [0.1, 0.15) is 11.6 Å². The highest BCUT2D eigenvalue weighted by Gasteiger charge is 2.21. The highest BCUT2D eigenvalue weighted by molar-refractivity contribution is 6.07. The predicted molar refractivity (Wildman–Crippen MR) is 88.3 cm³/mol. The standard InChI is InChI=1S/C17H19FN4O/c1-21-9-11-22(12-10-21)16-13(5-4-8-19-16)17(23)20-15-7-3-2-6-14(15)18/h2-8H,9-12H2,1H3,(H,20,23). The maximum atomic E-state index is 13.7. The summed E-state index contributed by atoms with van der Waals surface area (Å²) in [5.74, 6) is -0.155. The van der Waals surface area contributed by atoms with Crippen molar-refractivity contribution >= 4 is 17.4 Å². The van der Waals surface area contributed by atoms with Crippen LogP contribution in [0.3, 0.4) is 0 Å².